The van der Waals surface area contributed by atoms with Gasteiger partial charge >= 0.3 is 21.7 Å². The fraction of sp³-hybridized carbons (Fsp3) is 0.143. The minimum atomic E-state index is -1.68. The Labute approximate surface area is 190 Å². The zero-order valence-electron chi connectivity index (χ0n) is 14.6. The normalized spacial score (nSPS) is 13.7. The van der Waals surface area contributed by atoms with E-state index in [1.165, 1.54) is 27.4 Å². The van der Waals surface area contributed by atoms with Crippen LogP contribution in [-0.4, -0.2) is 8.07 Å². The molecule has 0 aliphatic heterocycles. The number of fused-ring (bicyclic) bond motifs is 3. The summed E-state index contributed by atoms with van der Waals surface area (Å²) in [6.07, 6.45) is 0. The fourth-order valence-electron chi connectivity index (χ4n) is 3.86. The van der Waals surface area contributed by atoms with Crippen LogP contribution in [-0.2, 0) is 21.7 Å². The molecule has 0 nitrogen and oxygen atoms in total. The maximum atomic E-state index is 3.56. The summed E-state index contributed by atoms with van der Waals surface area (Å²) in [5.41, 5.74) is 6.14. The third-order valence-corrected chi connectivity index (χ3v) is 8.84. The summed E-state index contributed by atoms with van der Waals surface area (Å²) < 4.78 is 0. The number of hydrogen-bond donors (Lipinski definition) is 0. The number of hydrogen-bond acceptors (Lipinski definition) is 0. The molecule has 0 bridgehead atoms. The van der Waals surface area contributed by atoms with Crippen LogP contribution >= 0.6 is 0 Å². The van der Waals surface area contributed by atoms with Crippen molar-refractivity contribution in [3.05, 3.63) is 90.0 Å². The molecule has 1 aliphatic rings. The van der Waals surface area contributed by atoms with Gasteiger partial charge < -0.3 is 37.2 Å². The molecule has 0 fully saturated rings. The van der Waals surface area contributed by atoms with Crippen molar-refractivity contribution in [2.45, 2.75) is 18.6 Å². The van der Waals surface area contributed by atoms with E-state index in [1.807, 2.05) is 0 Å². The molecule has 26 heavy (non-hydrogen) atoms. The minimum Gasteiger partial charge on any atom is -1.00 e. The number of halogens is 3. The first-order valence-corrected chi connectivity index (χ1v) is 10.9. The predicted octanol–water partition coefficient (Wildman–Crippen LogP) is -4.24. The molecular weight excluding hydrogens is 435 g/mol. The second-order valence-corrected chi connectivity index (χ2v) is 11.2. The van der Waals surface area contributed by atoms with Crippen LogP contribution in [0.4, 0.5) is 0 Å². The summed E-state index contributed by atoms with van der Waals surface area (Å²) in [6, 6.07) is 29.9. The van der Waals surface area contributed by atoms with Crippen molar-refractivity contribution in [1.82, 2.24) is 0 Å². The van der Waals surface area contributed by atoms with Gasteiger partial charge in [-0.1, -0.05) is 78.4 Å². The topological polar surface area (TPSA) is 0 Å². The Bertz CT molecular complexity index is 792. The first-order valence-electron chi connectivity index (χ1n) is 7.85. The second kappa shape index (κ2) is 10.1. The van der Waals surface area contributed by atoms with Gasteiger partial charge in [-0.2, -0.15) is 24.3 Å². The number of rotatable bonds is 2. The molecule has 0 amide bonds. The Morgan fingerprint density at radius 1 is 0.731 bits per heavy atom. The van der Waals surface area contributed by atoms with Gasteiger partial charge in [0.15, 0.2) is 0 Å². The summed E-state index contributed by atoms with van der Waals surface area (Å²) in [4.78, 5) is 0. The predicted molar refractivity (Wildman–Crippen MR) is 96.1 cm³/mol. The molecule has 0 N–H and O–H groups in total. The summed E-state index contributed by atoms with van der Waals surface area (Å²) >= 11 is 0. The van der Waals surface area contributed by atoms with Crippen LogP contribution in [0, 0.1) is 6.07 Å². The van der Waals surface area contributed by atoms with Crippen LogP contribution in [0.25, 0.3) is 11.1 Å². The Kier molecular flexibility index (Phi) is 9.92. The van der Waals surface area contributed by atoms with E-state index < -0.39 is 8.07 Å². The quantitative estimate of drug-likeness (QED) is 0.273. The van der Waals surface area contributed by atoms with E-state index in [1.54, 1.807) is 0 Å². The molecule has 5 heteroatoms. The first kappa shape index (κ1) is 25.5. The molecule has 132 valence electrons. The van der Waals surface area contributed by atoms with Gasteiger partial charge in [0.1, 0.15) is 0 Å². The molecule has 4 rings (SSSR count). The zero-order chi connectivity index (χ0) is 15.2. The zero-order valence-corrected chi connectivity index (χ0v) is 19.5. The van der Waals surface area contributed by atoms with E-state index in [2.05, 4.69) is 92.0 Å². The third kappa shape index (κ3) is 4.14. The molecule has 0 heterocycles. The van der Waals surface area contributed by atoms with Crippen molar-refractivity contribution in [2.75, 3.05) is 0 Å². The maximum Gasteiger partial charge on any atom is 4.00 e. The molecule has 3 aromatic carbocycles. The van der Waals surface area contributed by atoms with Gasteiger partial charge in [-0.3, -0.25) is 0 Å². The SMILES string of the molecule is C[Si](C)(c1ccccc1)C1c2[c-]cccc2-c2ccccc21.[Cl-].[Cl-].[Cl-].[Ti+4]. The van der Waals surface area contributed by atoms with Crippen LogP contribution in [0.15, 0.2) is 72.8 Å². The minimum absolute atomic E-state index is 0. The van der Waals surface area contributed by atoms with E-state index in [0.29, 0.717) is 5.54 Å². The molecule has 0 radical (unpaired) electrons. The van der Waals surface area contributed by atoms with E-state index in [9.17, 15) is 0 Å². The van der Waals surface area contributed by atoms with E-state index >= 15 is 0 Å². The molecule has 1 unspecified atom stereocenters. The van der Waals surface area contributed by atoms with Gasteiger partial charge in [-0.15, -0.1) is 11.1 Å². The van der Waals surface area contributed by atoms with Gasteiger partial charge in [0.2, 0.25) is 0 Å². The molecular formula is C21H19Cl3SiTi. The summed E-state index contributed by atoms with van der Waals surface area (Å²) in [6.45, 7) is 4.97. The molecule has 1 atom stereocenters. The van der Waals surface area contributed by atoms with E-state index in [0.717, 1.165) is 0 Å². The van der Waals surface area contributed by atoms with Crippen LogP contribution in [0.5, 0.6) is 0 Å². The van der Waals surface area contributed by atoms with E-state index in [-0.39, 0.29) is 58.9 Å². The van der Waals surface area contributed by atoms with Crippen LogP contribution in [0.3, 0.4) is 0 Å². The summed E-state index contributed by atoms with van der Waals surface area (Å²) in [7, 11) is -1.68. The largest absolute Gasteiger partial charge is 4.00 e. The Morgan fingerprint density at radius 2 is 1.31 bits per heavy atom. The second-order valence-electron chi connectivity index (χ2n) is 6.61. The van der Waals surface area contributed by atoms with Gasteiger partial charge in [0.25, 0.3) is 0 Å². The van der Waals surface area contributed by atoms with E-state index in [4.69, 9.17) is 0 Å². The van der Waals surface area contributed by atoms with Crippen molar-refractivity contribution in [2.24, 2.45) is 0 Å². The maximum absolute atomic E-state index is 3.56. The van der Waals surface area contributed by atoms with Crippen molar-refractivity contribution in [3.8, 4) is 11.1 Å². The fourth-order valence-corrected chi connectivity index (χ4v) is 7.23. The van der Waals surface area contributed by atoms with Crippen molar-refractivity contribution < 1.29 is 58.9 Å². The van der Waals surface area contributed by atoms with Crippen molar-refractivity contribution >= 4 is 13.3 Å². The Hall–Kier alpha value is -0.539. The van der Waals surface area contributed by atoms with Crippen molar-refractivity contribution in [3.63, 3.8) is 0 Å². The monoisotopic (exact) mass is 452 g/mol. The van der Waals surface area contributed by atoms with Gasteiger partial charge in [0, 0.05) is 0 Å². The summed E-state index contributed by atoms with van der Waals surface area (Å²) in [5.74, 6) is 0. The first-order chi connectivity index (χ1) is 10.7. The van der Waals surface area contributed by atoms with Gasteiger partial charge in [0.05, 0.1) is 8.07 Å². The Morgan fingerprint density at radius 3 is 2.00 bits per heavy atom. The van der Waals surface area contributed by atoms with Crippen LogP contribution in [0.2, 0.25) is 13.1 Å². The smallest absolute Gasteiger partial charge is 1.00 e. The van der Waals surface area contributed by atoms with Crippen molar-refractivity contribution in [1.29, 1.82) is 0 Å². The third-order valence-electron chi connectivity index (χ3n) is 4.98. The standard InChI is InChI=1S/C21H19Si.3ClH.Ti/c1-22(2,16-10-4-3-5-11-16)21-19-14-8-6-12-17(19)18-13-7-9-15-20(18)21;;;;/h3-14,21H,1-2H3;3*1H;/q-1;;;;+4/p-3. The van der Waals surface area contributed by atoms with Crippen LogP contribution < -0.4 is 42.4 Å². The molecule has 0 aromatic heterocycles. The molecule has 0 spiro atoms. The summed E-state index contributed by atoms with van der Waals surface area (Å²) in [5, 5.41) is 1.51. The van der Waals surface area contributed by atoms with Crippen LogP contribution in [0.1, 0.15) is 16.7 Å². The molecule has 3 aromatic rings. The molecule has 1 aliphatic carbocycles. The molecule has 0 saturated carbocycles. The van der Waals surface area contributed by atoms with Gasteiger partial charge in [-0.05, 0) is 11.1 Å². The Balaban J connectivity index is 0.00000156. The number of benzene rings is 3. The van der Waals surface area contributed by atoms with Gasteiger partial charge in [-0.25, -0.2) is 0 Å². The average Bonchev–Trinajstić information content (AvgIpc) is 2.91. The molecule has 0 saturated heterocycles. The average molecular weight is 454 g/mol.